The maximum absolute atomic E-state index is 10.3. The number of aliphatic hydroxyl groups excluding tert-OH is 1. The summed E-state index contributed by atoms with van der Waals surface area (Å²) in [6.45, 7) is 10.4. The molecular weight excluding hydrogens is 324 g/mol. The summed E-state index contributed by atoms with van der Waals surface area (Å²) in [5.41, 5.74) is 3.59. The third-order valence-corrected chi connectivity index (χ3v) is 4.47. The molecule has 2 rings (SSSR count). The van der Waals surface area contributed by atoms with E-state index in [2.05, 4.69) is 49.7 Å². The van der Waals surface area contributed by atoms with Crippen LogP contribution in [-0.4, -0.2) is 47.8 Å². The van der Waals surface area contributed by atoms with Crippen LogP contribution in [0.15, 0.2) is 42.6 Å². The molecule has 0 bridgehead atoms. The van der Waals surface area contributed by atoms with Crippen LogP contribution < -0.4 is 4.74 Å². The molecule has 1 atom stereocenters. The number of pyridine rings is 1. The number of hydrogen-bond donors (Lipinski definition) is 1. The lowest BCUT2D eigenvalue weighted by Crippen LogP contribution is -2.34. The first-order valence-electron chi connectivity index (χ1n) is 9.26. The predicted molar refractivity (Wildman–Crippen MR) is 107 cm³/mol. The van der Waals surface area contributed by atoms with Crippen molar-refractivity contribution in [3.05, 3.63) is 59.4 Å². The highest BCUT2D eigenvalue weighted by Gasteiger charge is 2.15. The first kappa shape index (κ1) is 20.4. The van der Waals surface area contributed by atoms with Crippen molar-refractivity contribution in [1.29, 1.82) is 0 Å². The average molecular weight is 357 g/mol. The summed E-state index contributed by atoms with van der Waals surface area (Å²) in [4.78, 5) is 6.44. The fraction of sp³-hybridized carbons (Fsp3) is 0.500. The van der Waals surface area contributed by atoms with Gasteiger partial charge in [0, 0.05) is 31.4 Å². The van der Waals surface area contributed by atoms with Crippen molar-refractivity contribution < 1.29 is 9.84 Å². The molecule has 4 heteroatoms. The molecule has 0 aliphatic rings. The molecule has 0 fully saturated rings. The molecule has 1 N–H and O–H groups in total. The van der Waals surface area contributed by atoms with Crippen LogP contribution in [0, 0.1) is 6.92 Å². The van der Waals surface area contributed by atoms with Gasteiger partial charge in [0.1, 0.15) is 18.5 Å². The lowest BCUT2D eigenvalue weighted by Gasteiger charge is -2.22. The van der Waals surface area contributed by atoms with Crippen LogP contribution in [-0.2, 0) is 11.8 Å². The molecule has 2 aromatic rings. The quantitative estimate of drug-likeness (QED) is 0.785. The monoisotopic (exact) mass is 356 g/mol. The van der Waals surface area contributed by atoms with E-state index in [0.717, 1.165) is 30.0 Å². The Morgan fingerprint density at radius 2 is 1.96 bits per heavy atom. The van der Waals surface area contributed by atoms with Crippen LogP contribution in [0.4, 0.5) is 0 Å². The SMILES string of the molecule is Cc1cc(C(C)(C)C)ccc1OCC(O)CN(C)CCc1ccccn1. The van der Waals surface area contributed by atoms with Gasteiger partial charge in [-0.1, -0.05) is 39.0 Å². The van der Waals surface area contributed by atoms with E-state index in [4.69, 9.17) is 4.74 Å². The molecule has 26 heavy (non-hydrogen) atoms. The van der Waals surface area contributed by atoms with Crippen LogP contribution >= 0.6 is 0 Å². The smallest absolute Gasteiger partial charge is 0.122 e. The van der Waals surface area contributed by atoms with Crippen LogP contribution in [0.5, 0.6) is 5.75 Å². The van der Waals surface area contributed by atoms with Gasteiger partial charge in [0.25, 0.3) is 0 Å². The van der Waals surface area contributed by atoms with Crippen LogP contribution in [0.2, 0.25) is 0 Å². The minimum atomic E-state index is -0.523. The number of nitrogens with zero attached hydrogens (tertiary/aromatic N) is 2. The first-order valence-corrected chi connectivity index (χ1v) is 9.26. The van der Waals surface area contributed by atoms with Crippen molar-refractivity contribution in [2.75, 3.05) is 26.7 Å². The van der Waals surface area contributed by atoms with E-state index in [0.29, 0.717) is 13.2 Å². The molecule has 1 unspecified atom stereocenters. The van der Waals surface area contributed by atoms with E-state index >= 15 is 0 Å². The molecule has 1 aromatic heterocycles. The normalized spacial score (nSPS) is 13.0. The van der Waals surface area contributed by atoms with E-state index in [9.17, 15) is 5.11 Å². The fourth-order valence-electron chi connectivity index (χ4n) is 2.82. The van der Waals surface area contributed by atoms with Crippen molar-refractivity contribution >= 4 is 0 Å². The summed E-state index contributed by atoms with van der Waals surface area (Å²) in [6, 6.07) is 12.2. The standard InChI is InChI=1S/C22H32N2O2/c1-17-14-18(22(2,3)4)9-10-21(17)26-16-20(25)15-24(5)13-11-19-8-6-7-12-23-19/h6-10,12,14,20,25H,11,13,15-16H2,1-5H3. The second-order valence-electron chi connectivity index (χ2n) is 8.03. The molecule has 1 heterocycles. The highest BCUT2D eigenvalue weighted by atomic mass is 16.5. The summed E-state index contributed by atoms with van der Waals surface area (Å²) >= 11 is 0. The molecule has 0 saturated heterocycles. The molecule has 1 aromatic carbocycles. The number of benzene rings is 1. The molecule has 142 valence electrons. The van der Waals surface area contributed by atoms with E-state index in [-0.39, 0.29) is 5.41 Å². The Labute approximate surface area is 157 Å². The Kier molecular flexibility index (Phi) is 7.18. The van der Waals surface area contributed by atoms with Crippen molar-refractivity contribution in [1.82, 2.24) is 9.88 Å². The predicted octanol–water partition coefficient (Wildman–Crippen LogP) is 3.60. The Hall–Kier alpha value is -1.91. The molecule has 4 nitrogen and oxygen atoms in total. The lowest BCUT2D eigenvalue weighted by atomic mass is 9.86. The maximum Gasteiger partial charge on any atom is 0.122 e. The van der Waals surface area contributed by atoms with Gasteiger partial charge in [-0.25, -0.2) is 0 Å². The molecule has 0 radical (unpaired) electrons. The number of aromatic nitrogens is 1. The van der Waals surface area contributed by atoms with Gasteiger partial charge in [0.2, 0.25) is 0 Å². The lowest BCUT2D eigenvalue weighted by molar-refractivity contribution is 0.0763. The van der Waals surface area contributed by atoms with Gasteiger partial charge in [0.05, 0.1) is 0 Å². The molecule has 0 aliphatic heterocycles. The Morgan fingerprint density at radius 1 is 1.19 bits per heavy atom. The third kappa shape index (κ3) is 6.43. The topological polar surface area (TPSA) is 45.6 Å². The maximum atomic E-state index is 10.3. The van der Waals surface area contributed by atoms with E-state index in [1.165, 1.54) is 5.56 Å². The van der Waals surface area contributed by atoms with Crippen molar-refractivity contribution in [2.24, 2.45) is 0 Å². The van der Waals surface area contributed by atoms with E-state index in [1.54, 1.807) is 0 Å². The molecular formula is C22H32N2O2. The second-order valence-corrected chi connectivity index (χ2v) is 8.03. The van der Waals surface area contributed by atoms with Gasteiger partial charge in [-0.15, -0.1) is 0 Å². The van der Waals surface area contributed by atoms with Crippen LogP contribution in [0.3, 0.4) is 0 Å². The van der Waals surface area contributed by atoms with Crippen LogP contribution in [0.1, 0.15) is 37.6 Å². The van der Waals surface area contributed by atoms with Crippen molar-refractivity contribution in [2.45, 2.75) is 45.6 Å². The second kappa shape index (κ2) is 9.15. The Bertz CT molecular complexity index is 680. The summed E-state index contributed by atoms with van der Waals surface area (Å²) < 4.78 is 5.84. The number of likely N-dealkylation sites (N-methyl/N-ethyl adjacent to an activating group) is 1. The van der Waals surface area contributed by atoms with E-state index < -0.39 is 6.10 Å². The van der Waals surface area contributed by atoms with Crippen molar-refractivity contribution in [3.8, 4) is 5.75 Å². The highest BCUT2D eigenvalue weighted by molar-refractivity contribution is 5.38. The minimum Gasteiger partial charge on any atom is -0.491 e. The number of rotatable bonds is 8. The third-order valence-electron chi connectivity index (χ3n) is 4.47. The van der Waals surface area contributed by atoms with Gasteiger partial charge in [-0.05, 0) is 48.7 Å². The largest absolute Gasteiger partial charge is 0.491 e. The number of hydrogen-bond acceptors (Lipinski definition) is 4. The van der Waals surface area contributed by atoms with Gasteiger partial charge < -0.3 is 14.7 Å². The van der Waals surface area contributed by atoms with E-state index in [1.807, 2.05) is 37.5 Å². The zero-order valence-electron chi connectivity index (χ0n) is 16.7. The number of aliphatic hydroxyl groups is 1. The average Bonchev–Trinajstić information content (AvgIpc) is 2.59. The molecule has 0 saturated carbocycles. The zero-order valence-corrected chi connectivity index (χ0v) is 16.7. The van der Waals surface area contributed by atoms with Crippen molar-refractivity contribution in [3.63, 3.8) is 0 Å². The summed E-state index contributed by atoms with van der Waals surface area (Å²) in [6.07, 6.45) is 2.16. The minimum absolute atomic E-state index is 0.124. The summed E-state index contributed by atoms with van der Waals surface area (Å²) in [5.74, 6) is 0.841. The Morgan fingerprint density at radius 3 is 2.58 bits per heavy atom. The molecule has 0 amide bonds. The summed E-state index contributed by atoms with van der Waals surface area (Å²) in [5, 5.41) is 10.3. The fourth-order valence-corrected chi connectivity index (χ4v) is 2.82. The van der Waals surface area contributed by atoms with Crippen LogP contribution in [0.25, 0.3) is 0 Å². The first-order chi connectivity index (χ1) is 12.3. The van der Waals surface area contributed by atoms with Gasteiger partial charge >= 0.3 is 0 Å². The van der Waals surface area contributed by atoms with Gasteiger partial charge in [-0.2, -0.15) is 0 Å². The zero-order chi connectivity index (χ0) is 19.2. The number of ether oxygens (including phenoxy) is 1. The molecule has 0 aliphatic carbocycles. The molecule has 0 spiro atoms. The summed E-state index contributed by atoms with van der Waals surface area (Å²) in [7, 11) is 2.01. The van der Waals surface area contributed by atoms with Gasteiger partial charge in [-0.3, -0.25) is 4.98 Å². The number of aryl methyl sites for hydroxylation is 1. The highest BCUT2D eigenvalue weighted by Crippen LogP contribution is 2.27. The Balaban J connectivity index is 1.78. The van der Waals surface area contributed by atoms with Gasteiger partial charge in [0.15, 0.2) is 0 Å².